The van der Waals surface area contributed by atoms with Crippen molar-refractivity contribution in [1.29, 1.82) is 0 Å². The van der Waals surface area contributed by atoms with Gasteiger partial charge in [-0.15, -0.1) is 0 Å². The van der Waals surface area contributed by atoms with Gasteiger partial charge in [-0.1, -0.05) is 0 Å². The molecular weight excluding hydrogens is 727 g/mol. The fourth-order valence-corrected chi connectivity index (χ4v) is 4.06. The highest BCUT2D eigenvalue weighted by atomic mass is 32.2. The van der Waals surface area contributed by atoms with Gasteiger partial charge in [0.05, 0.1) is 20.7 Å². The quantitative estimate of drug-likeness (QED) is 0.160. The van der Waals surface area contributed by atoms with E-state index >= 15 is 0 Å². The van der Waals surface area contributed by atoms with Gasteiger partial charge in [-0.25, -0.2) is 13.1 Å². The second kappa shape index (κ2) is 11.8. The first kappa shape index (κ1) is 43.3. The summed E-state index contributed by atoms with van der Waals surface area (Å²) in [5.74, 6) is -72.7. The lowest BCUT2D eigenvalue weighted by atomic mass is 9.87. The first-order valence-electron chi connectivity index (χ1n) is 10.7. The van der Waals surface area contributed by atoms with Gasteiger partial charge in [-0.2, -0.15) is 92.2 Å². The zero-order valence-corrected chi connectivity index (χ0v) is 22.2. The average molecular weight is 745 g/mol. The predicted octanol–water partition coefficient (Wildman–Crippen LogP) is 4.57. The van der Waals surface area contributed by atoms with Crippen LogP contribution in [0.1, 0.15) is 0 Å². The molecule has 6 nitrogen and oxygen atoms in total. The van der Waals surface area contributed by atoms with Crippen molar-refractivity contribution in [1.82, 2.24) is 4.72 Å². The standard InChI is InChI=1S/C17H18F21N2O4S/c1-40(2,3-4-41)6-7(42)5-39-45(43,44)17(37,38)15(32,33)13(28,29)11(24,25)9(20,21)8(18,19)10(22,23)12(26,27)14(30,31)16(34,35)36/h7,39,41-42H,3-6H2,1-2H3/q+1. The Hall–Kier alpha value is -1.68. The van der Waals surface area contributed by atoms with E-state index in [1.807, 2.05) is 0 Å². The minimum atomic E-state index is -9.40. The van der Waals surface area contributed by atoms with Crippen LogP contribution in [0.25, 0.3) is 0 Å². The molecule has 0 aliphatic heterocycles. The van der Waals surface area contributed by atoms with Crippen LogP contribution in [-0.2, 0) is 10.0 Å². The van der Waals surface area contributed by atoms with E-state index in [1.54, 1.807) is 0 Å². The number of nitrogens with one attached hydrogen (secondary N) is 1. The molecular formula is C17H18F21N2O4S+. The van der Waals surface area contributed by atoms with Gasteiger partial charge in [0, 0.05) is 6.54 Å². The highest BCUT2D eigenvalue weighted by molar-refractivity contribution is 7.90. The molecule has 272 valence electrons. The van der Waals surface area contributed by atoms with Crippen molar-refractivity contribution in [2.45, 2.75) is 64.9 Å². The van der Waals surface area contributed by atoms with Crippen molar-refractivity contribution >= 4 is 10.0 Å². The maximum atomic E-state index is 14.1. The normalized spacial score (nSPS) is 17.1. The third kappa shape index (κ3) is 6.44. The maximum Gasteiger partial charge on any atom is 0.460 e. The lowest BCUT2D eigenvalue weighted by Gasteiger charge is -2.44. The molecule has 45 heavy (non-hydrogen) atoms. The molecule has 0 rings (SSSR count). The van der Waals surface area contributed by atoms with E-state index < -0.39 is 99.1 Å². The number of aliphatic hydroxyl groups is 2. The minimum absolute atomic E-state index is 0.234. The summed E-state index contributed by atoms with van der Waals surface area (Å²) in [7, 11) is -5.40. The molecule has 0 fully saturated rings. The van der Waals surface area contributed by atoms with Crippen molar-refractivity contribution in [3.63, 3.8) is 0 Å². The number of sulfonamides is 1. The summed E-state index contributed by atoms with van der Waals surface area (Å²) in [6.45, 7) is -3.67. The van der Waals surface area contributed by atoms with Gasteiger partial charge in [-0.3, -0.25) is 0 Å². The van der Waals surface area contributed by atoms with E-state index in [1.165, 1.54) is 0 Å². The molecule has 0 aromatic carbocycles. The largest absolute Gasteiger partial charge is 0.460 e. The van der Waals surface area contributed by atoms with Crippen LogP contribution in [0.3, 0.4) is 0 Å². The van der Waals surface area contributed by atoms with Gasteiger partial charge in [0.15, 0.2) is 0 Å². The van der Waals surface area contributed by atoms with E-state index in [0.29, 0.717) is 0 Å². The number of nitrogens with zero attached hydrogens (tertiary/aromatic N) is 1. The van der Waals surface area contributed by atoms with Gasteiger partial charge in [0.1, 0.15) is 19.2 Å². The lowest BCUT2D eigenvalue weighted by molar-refractivity contribution is -0.893. The zero-order chi connectivity index (χ0) is 37.1. The first-order valence-corrected chi connectivity index (χ1v) is 12.2. The Morgan fingerprint density at radius 2 is 0.867 bits per heavy atom. The molecule has 0 bridgehead atoms. The van der Waals surface area contributed by atoms with Crippen molar-refractivity contribution in [2.24, 2.45) is 0 Å². The molecule has 0 heterocycles. The van der Waals surface area contributed by atoms with E-state index in [0.717, 1.165) is 14.1 Å². The highest BCUT2D eigenvalue weighted by Gasteiger charge is 2.98. The smallest absolute Gasteiger partial charge is 0.391 e. The number of alkyl halides is 21. The number of halogens is 21. The molecule has 3 N–H and O–H groups in total. The minimum Gasteiger partial charge on any atom is -0.391 e. The number of hydrogen-bond acceptors (Lipinski definition) is 4. The molecule has 0 aliphatic carbocycles. The summed E-state index contributed by atoms with van der Waals surface area (Å²) in [4.78, 5) is 0. The Kier molecular flexibility index (Phi) is 11.3. The van der Waals surface area contributed by atoms with Crippen LogP contribution in [0.4, 0.5) is 92.2 Å². The highest BCUT2D eigenvalue weighted by Crippen LogP contribution is 2.66. The Morgan fingerprint density at radius 1 is 0.578 bits per heavy atom. The number of quaternary nitrogens is 1. The van der Waals surface area contributed by atoms with Crippen molar-refractivity contribution in [3.05, 3.63) is 0 Å². The first-order chi connectivity index (χ1) is 19.2. The third-order valence-electron chi connectivity index (χ3n) is 5.74. The number of aliphatic hydroxyl groups excluding tert-OH is 2. The second-order valence-electron chi connectivity index (χ2n) is 9.68. The molecule has 0 aliphatic rings. The fourth-order valence-electron chi connectivity index (χ4n) is 3.01. The molecule has 1 unspecified atom stereocenters. The molecule has 28 heteroatoms. The van der Waals surface area contributed by atoms with Crippen LogP contribution >= 0.6 is 0 Å². The SMILES string of the molecule is C[N+](C)(CCO)CC(O)CNS(=O)(=O)C(F)(F)C(F)(F)C(F)(F)C(F)(F)C(F)(F)C(F)(F)C(F)(F)C(F)(F)C(F)(F)C(F)(F)F. The van der Waals surface area contributed by atoms with Gasteiger partial charge in [0.2, 0.25) is 0 Å². The summed E-state index contributed by atoms with van der Waals surface area (Å²) in [5, 5.41) is 10.5. The van der Waals surface area contributed by atoms with Gasteiger partial charge in [-0.05, 0) is 0 Å². The number of likely N-dealkylation sites (N-methyl/N-ethyl adjacent to an activating group) is 1. The Bertz CT molecular complexity index is 1150. The molecule has 0 amide bonds. The molecule has 0 saturated carbocycles. The molecule has 0 aromatic heterocycles. The summed E-state index contributed by atoms with van der Waals surface area (Å²) in [6.07, 6.45) is -10.4. The van der Waals surface area contributed by atoms with Crippen molar-refractivity contribution in [3.8, 4) is 0 Å². The Balaban J connectivity index is 6.88. The molecule has 0 saturated heterocycles. The average Bonchev–Trinajstić information content (AvgIpc) is 2.80. The topological polar surface area (TPSA) is 86.6 Å². The second-order valence-corrected chi connectivity index (χ2v) is 11.5. The summed E-state index contributed by atoms with van der Waals surface area (Å²) in [6, 6.07) is 0. The lowest BCUT2D eigenvalue weighted by Crippen LogP contribution is -2.77. The summed E-state index contributed by atoms with van der Waals surface area (Å²) >= 11 is 0. The van der Waals surface area contributed by atoms with E-state index in [4.69, 9.17) is 5.11 Å². The summed E-state index contributed by atoms with van der Waals surface area (Å²) < 4.78 is 304. The van der Waals surface area contributed by atoms with E-state index in [-0.39, 0.29) is 11.3 Å². The van der Waals surface area contributed by atoms with Crippen LogP contribution < -0.4 is 4.72 Å². The molecule has 0 radical (unpaired) electrons. The van der Waals surface area contributed by atoms with Gasteiger partial charge < -0.3 is 14.7 Å². The van der Waals surface area contributed by atoms with Gasteiger partial charge in [0.25, 0.3) is 10.0 Å². The van der Waals surface area contributed by atoms with Crippen LogP contribution in [0.5, 0.6) is 0 Å². The zero-order valence-electron chi connectivity index (χ0n) is 21.4. The molecule has 0 spiro atoms. The van der Waals surface area contributed by atoms with Crippen molar-refractivity contribution < 1.29 is 115 Å². The number of hydrogen-bond donors (Lipinski definition) is 3. The molecule has 1 atom stereocenters. The van der Waals surface area contributed by atoms with Crippen LogP contribution in [0, 0.1) is 0 Å². The number of rotatable bonds is 16. The van der Waals surface area contributed by atoms with E-state index in [2.05, 4.69) is 0 Å². The third-order valence-corrected chi connectivity index (χ3v) is 7.22. The Morgan fingerprint density at radius 3 is 1.16 bits per heavy atom. The summed E-state index contributed by atoms with van der Waals surface area (Å²) in [5.41, 5.74) is 0. The van der Waals surface area contributed by atoms with Crippen LogP contribution in [0.15, 0.2) is 0 Å². The van der Waals surface area contributed by atoms with Crippen LogP contribution in [0.2, 0.25) is 0 Å². The maximum absolute atomic E-state index is 14.1. The van der Waals surface area contributed by atoms with Gasteiger partial charge >= 0.3 is 58.8 Å². The van der Waals surface area contributed by atoms with E-state index in [9.17, 15) is 106 Å². The van der Waals surface area contributed by atoms with Crippen LogP contribution in [-0.4, -0.2) is 128 Å². The monoisotopic (exact) mass is 745 g/mol. The molecule has 0 aromatic rings. The predicted molar refractivity (Wildman–Crippen MR) is 102 cm³/mol. The fraction of sp³-hybridized carbons (Fsp3) is 1.00. The van der Waals surface area contributed by atoms with Crippen molar-refractivity contribution in [2.75, 3.05) is 40.3 Å². The Labute approximate surface area is 236 Å².